The monoisotopic (exact) mass is 290 g/mol. The van der Waals surface area contributed by atoms with Crippen molar-refractivity contribution in [2.24, 2.45) is 0 Å². The number of nitrogens with zero attached hydrogens (tertiary/aromatic N) is 1. The summed E-state index contributed by atoms with van der Waals surface area (Å²) in [7, 11) is -3.89. The molecule has 0 aliphatic heterocycles. The third kappa shape index (κ3) is 3.65. The summed E-state index contributed by atoms with van der Waals surface area (Å²) in [6.07, 6.45) is 0. The zero-order valence-electron chi connectivity index (χ0n) is 10.6. The second-order valence-corrected chi connectivity index (χ2v) is 5.36. The Morgan fingerprint density at radius 1 is 1.37 bits per heavy atom. The van der Waals surface area contributed by atoms with E-state index in [1.807, 2.05) is 4.72 Å². The van der Waals surface area contributed by atoms with Crippen LogP contribution in [0.25, 0.3) is 0 Å². The lowest BCUT2D eigenvalue weighted by atomic mass is 10.2. The van der Waals surface area contributed by atoms with Crippen molar-refractivity contribution in [1.82, 2.24) is 4.31 Å². The summed E-state index contributed by atoms with van der Waals surface area (Å²) in [4.78, 5) is 10.8. The van der Waals surface area contributed by atoms with Crippen LogP contribution in [0.5, 0.6) is 0 Å². The lowest BCUT2D eigenvalue weighted by molar-refractivity contribution is 0.0697. The Morgan fingerprint density at radius 2 is 1.95 bits per heavy atom. The van der Waals surface area contributed by atoms with E-state index in [0.29, 0.717) is 0 Å². The van der Waals surface area contributed by atoms with Crippen molar-refractivity contribution in [3.63, 3.8) is 0 Å². The first kappa shape index (κ1) is 15.4. The Bertz CT molecular complexity index is 570. The fraction of sp³-hybridized carbons (Fsp3) is 0.364. The molecule has 6 nitrogen and oxygen atoms in total. The fourth-order valence-electron chi connectivity index (χ4n) is 1.50. The minimum atomic E-state index is -3.89. The molecule has 0 radical (unpaired) electrons. The van der Waals surface area contributed by atoms with E-state index in [2.05, 4.69) is 0 Å². The van der Waals surface area contributed by atoms with Crippen molar-refractivity contribution >= 4 is 21.9 Å². The number of benzene rings is 1. The van der Waals surface area contributed by atoms with Crippen LogP contribution in [0.3, 0.4) is 0 Å². The van der Waals surface area contributed by atoms with Gasteiger partial charge in [0.2, 0.25) is 0 Å². The molecule has 0 unspecified atom stereocenters. The molecular weight excluding hydrogens is 275 g/mol. The van der Waals surface area contributed by atoms with Gasteiger partial charge in [-0.05, 0) is 18.2 Å². The Hall–Kier alpha value is -1.67. The molecule has 0 saturated heterocycles. The molecule has 2 N–H and O–H groups in total. The van der Waals surface area contributed by atoms with Crippen molar-refractivity contribution in [1.29, 1.82) is 0 Å². The molecule has 0 aromatic heterocycles. The largest absolute Gasteiger partial charge is 0.478 e. The van der Waals surface area contributed by atoms with E-state index in [4.69, 9.17) is 5.11 Å². The van der Waals surface area contributed by atoms with Gasteiger partial charge in [-0.1, -0.05) is 13.8 Å². The molecule has 8 heteroatoms. The number of nitrogens with one attached hydrogen (secondary N) is 1. The Morgan fingerprint density at radius 3 is 2.42 bits per heavy atom. The van der Waals surface area contributed by atoms with Gasteiger partial charge in [0.05, 0.1) is 11.3 Å². The minimum absolute atomic E-state index is 0.196. The van der Waals surface area contributed by atoms with Gasteiger partial charge >= 0.3 is 16.2 Å². The maximum absolute atomic E-state index is 13.5. The molecule has 0 atom stereocenters. The van der Waals surface area contributed by atoms with E-state index in [9.17, 15) is 17.6 Å². The van der Waals surface area contributed by atoms with Gasteiger partial charge in [0.15, 0.2) is 0 Å². The van der Waals surface area contributed by atoms with Crippen LogP contribution in [0.2, 0.25) is 0 Å². The average Bonchev–Trinajstić information content (AvgIpc) is 2.32. The summed E-state index contributed by atoms with van der Waals surface area (Å²) in [5.74, 6) is -2.09. The van der Waals surface area contributed by atoms with Gasteiger partial charge in [0, 0.05) is 13.1 Å². The van der Waals surface area contributed by atoms with Crippen LogP contribution >= 0.6 is 0 Å². The standard InChI is InChI=1S/C11H15FN2O4S/c1-3-14(4-2)19(17,18)13-10-7-8(11(15)16)5-6-9(10)12/h5-7,13H,3-4H2,1-2H3,(H,15,16). The van der Waals surface area contributed by atoms with Crippen LogP contribution in [0.15, 0.2) is 18.2 Å². The molecule has 19 heavy (non-hydrogen) atoms. The van der Waals surface area contributed by atoms with Crippen LogP contribution in [-0.2, 0) is 10.2 Å². The summed E-state index contributed by atoms with van der Waals surface area (Å²) in [6.45, 7) is 3.75. The molecule has 0 heterocycles. The summed E-state index contributed by atoms with van der Waals surface area (Å²) in [6, 6.07) is 2.91. The minimum Gasteiger partial charge on any atom is -0.478 e. The third-order valence-electron chi connectivity index (χ3n) is 2.50. The van der Waals surface area contributed by atoms with Gasteiger partial charge in [0.25, 0.3) is 0 Å². The van der Waals surface area contributed by atoms with Gasteiger partial charge in [-0.15, -0.1) is 0 Å². The number of carboxylic acids is 1. The molecule has 0 bridgehead atoms. The molecule has 0 amide bonds. The number of aromatic carboxylic acids is 1. The first-order chi connectivity index (χ1) is 8.81. The second kappa shape index (κ2) is 5.98. The highest BCUT2D eigenvalue weighted by molar-refractivity contribution is 7.90. The van der Waals surface area contributed by atoms with Crippen LogP contribution in [0.1, 0.15) is 24.2 Å². The second-order valence-electron chi connectivity index (χ2n) is 3.69. The summed E-state index contributed by atoms with van der Waals surface area (Å²) < 4.78 is 40.4. The zero-order chi connectivity index (χ0) is 14.6. The van der Waals surface area contributed by atoms with E-state index in [0.717, 1.165) is 22.5 Å². The predicted molar refractivity (Wildman–Crippen MR) is 68.8 cm³/mol. The maximum Gasteiger partial charge on any atom is 0.335 e. The van der Waals surface area contributed by atoms with Crippen molar-refractivity contribution < 1.29 is 22.7 Å². The Balaban J connectivity index is 3.11. The molecule has 1 rings (SSSR count). The topological polar surface area (TPSA) is 86.7 Å². The van der Waals surface area contributed by atoms with E-state index >= 15 is 0 Å². The van der Waals surface area contributed by atoms with E-state index in [1.165, 1.54) is 0 Å². The predicted octanol–water partition coefficient (Wildman–Crippen LogP) is 1.52. The van der Waals surface area contributed by atoms with Crippen molar-refractivity contribution in [3.8, 4) is 0 Å². The number of halogens is 1. The van der Waals surface area contributed by atoms with Gasteiger partial charge in [0.1, 0.15) is 5.82 Å². The van der Waals surface area contributed by atoms with Gasteiger partial charge in [-0.3, -0.25) is 4.72 Å². The highest BCUT2D eigenvalue weighted by atomic mass is 32.2. The molecule has 0 fully saturated rings. The third-order valence-corrected chi connectivity index (χ3v) is 4.17. The van der Waals surface area contributed by atoms with E-state index in [1.54, 1.807) is 13.8 Å². The summed E-state index contributed by atoms with van der Waals surface area (Å²) in [5, 5.41) is 8.79. The normalized spacial score (nSPS) is 11.6. The lowest BCUT2D eigenvalue weighted by Crippen LogP contribution is -2.35. The van der Waals surface area contributed by atoms with Gasteiger partial charge in [-0.2, -0.15) is 12.7 Å². The van der Waals surface area contributed by atoms with E-state index in [-0.39, 0.29) is 24.3 Å². The molecule has 0 aliphatic carbocycles. The van der Waals surface area contributed by atoms with Crippen molar-refractivity contribution in [3.05, 3.63) is 29.6 Å². The Kier molecular flexibility index (Phi) is 4.84. The SMILES string of the molecule is CCN(CC)S(=O)(=O)Nc1cc(C(=O)O)ccc1F. The molecule has 1 aromatic carbocycles. The number of rotatable bonds is 6. The molecular formula is C11H15FN2O4S. The van der Waals surface area contributed by atoms with Crippen molar-refractivity contribution in [2.45, 2.75) is 13.8 Å². The van der Waals surface area contributed by atoms with E-state index < -0.39 is 22.0 Å². The summed E-state index contributed by atoms with van der Waals surface area (Å²) >= 11 is 0. The first-order valence-corrected chi connectivity index (χ1v) is 7.06. The molecule has 1 aromatic rings. The van der Waals surface area contributed by atoms with Crippen LogP contribution in [-0.4, -0.2) is 36.9 Å². The van der Waals surface area contributed by atoms with Gasteiger partial charge < -0.3 is 5.11 Å². The quantitative estimate of drug-likeness (QED) is 0.831. The Labute approximate surface area is 111 Å². The highest BCUT2D eigenvalue weighted by Gasteiger charge is 2.20. The lowest BCUT2D eigenvalue weighted by Gasteiger charge is -2.19. The number of hydrogen-bond acceptors (Lipinski definition) is 3. The van der Waals surface area contributed by atoms with Crippen LogP contribution < -0.4 is 4.72 Å². The summed E-state index contributed by atoms with van der Waals surface area (Å²) in [5.41, 5.74) is -0.578. The number of hydrogen-bond donors (Lipinski definition) is 2. The maximum atomic E-state index is 13.5. The first-order valence-electron chi connectivity index (χ1n) is 5.62. The average molecular weight is 290 g/mol. The molecule has 106 valence electrons. The molecule has 0 spiro atoms. The van der Waals surface area contributed by atoms with Crippen LogP contribution in [0.4, 0.5) is 10.1 Å². The highest BCUT2D eigenvalue weighted by Crippen LogP contribution is 2.18. The smallest absolute Gasteiger partial charge is 0.335 e. The molecule has 0 aliphatic rings. The van der Waals surface area contributed by atoms with Crippen LogP contribution in [0, 0.1) is 5.82 Å². The number of anilines is 1. The zero-order valence-corrected chi connectivity index (χ0v) is 11.4. The number of carbonyl (C=O) groups is 1. The number of carboxylic acid groups (broad SMARTS) is 1. The molecule has 0 saturated carbocycles. The van der Waals surface area contributed by atoms with Gasteiger partial charge in [-0.25, -0.2) is 9.18 Å². The van der Waals surface area contributed by atoms with Crippen molar-refractivity contribution in [2.75, 3.05) is 17.8 Å². The fourth-order valence-corrected chi connectivity index (χ4v) is 2.75.